The van der Waals surface area contributed by atoms with Crippen LogP contribution in [0.3, 0.4) is 0 Å². The first kappa shape index (κ1) is 15.8. The highest BCUT2D eigenvalue weighted by Gasteiger charge is 2.04. The molecule has 2 rings (SSSR count). The molecule has 114 valence electrons. The number of ether oxygens (including phenoxy) is 1. The molecular weight excluding hydrogens is 281 g/mol. The molecule has 1 N–H and O–H groups in total. The van der Waals surface area contributed by atoms with Gasteiger partial charge in [0.25, 0.3) is 0 Å². The summed E-state index contributed by atoms with van der Waals surface area (Å²) in [7, 11) is 0. The van der Waals surface area contributed by atoms with Gasteiger partial charge in [0.2, 0.25) is 5.91 Å². The summed E-state index contributed by atoms with van der Waals surface area (Å²) in [5.41, 5.74) is 2.10. The lowest BCUT2D eigenvalue weighted by Crippen LogP contribution is -2.09. The molecular formula is C18H18FNO2. The molecule has 0 atom stereocenters. The van der Waals surface area contributed by atoms with Gasteiger partial charge in [0.15, 0.2) is 0 Å². The van der Waals surface area contributed by atoms with Crippen LogP contribution in [-0.4, -0.2) is 12.5 Å². The van der Waals surface area contributed by atoms with Gasteiger partial charge in [-0.05, 0) is 49.8 Å². The maximum Gasteiger partial charge on any atom is 0.248 e. The average Bonchev–Trinajstić information content (AvgIpc) is 2.49. The van der Waals surface area contributed by atoms with Gasteiger partial charge in [0.05, 0.1) is 6.61 Å². The summed E-state index contributed by atoms with van der Waals surface area (Å²) in [6, 6.07) is 11.7. The number of benzene rings is 2. The van der Waals surface area contributed by atoms with E-state index >= 15 is 0 Å². The molecule has 2 aromatic carbocycles. The van der Waals surface area contributed by atoms with Crippen LogP contribution in [0.2, 0.25) is 0 Å². The van der Waals surface area contributed by atoms with Gasteiger partial charge in [-0.25, -0.2) is 4.39 Å². The summed E-state index contributed by atoms with van der Waals surface area (Å²) in [6.07, 6.45) is 3.12. The predicted molar refractivity (Wildman–Crippen MR) is 86.4 cm³/mol. The van der Waals surface area contributed by atoms with Crippen LogP contribution < -0.4 is 10.1 Å². The molecule has 0 aliphatic carbocycles. The second-order valence-corrected chi connectivity index (χ2v) is 4.75. The van der Waals surface area contributed by atoms with Crippen LogP contribution in [0.15, 0.2) is 48.5 Å². The van der Waals surface area contributed by atoms with E-state index in [1.54, 1.807) is 19.1 Å². The van der Waals surface area contributed by atoms with E-state index in [1.807, 2.05) is 31.2 Å². The maximum absolute atomic E-state index is 13.0. The zero-order valence-corrected chi connectivity index (χ0v) is 12.6. The van der Waals surface area contributed by atoms with E-state index in [-0.39, 0.29) is 11.7 Å². The molecule has 0 heterocycles. The minimum Gasteiger partial charge on any atom is -0.493 e. The van der Waals surface area contributed by atoms with E-state index in [1.165, 1.54) is 18.2 Å². The SMILES string of the molecule is CCOc1ccccc1/C=C/C(=O)Nc1ccc(F)cc1C. The van der Waals surface area contributed by atoms with Crippen LogP contribution in [0.1, 0.15) is 18.1 Å². The fraction of sp³-hybridized carbons (Fsp3) is 0.167. The van der Waals surface area contributed by atoms with E-state index in [0.717, 1.165) is 11.3 Å². The molecule has 0 bridgehead atoms. The van der Waals surface area contributed by atoms with Crippen molar-refractivity contribution in [3.05, 3.63) is 65.5 Å². The molecule has 2 aromatic rings. The van der Waals surface area contributed by atoms with Gasteiger partial charge < -0.3 is 10.1 Å². The van der Waals surface area contributed by atoms with Crippen molar-refractivity contribution < 1.29 is 13.9 Å². The Balaban J connectivity index is 2.08. The third-order valence-electron chi connectivity index (χ3n) is 3.08. The number of amides is 1. The summed E-state index contributed by atoms with van der Waals surface area (Å²) in [5.74, 6) is 0.129. The average molecular weight is 299 g/mol. The lowest BCUT2D eigenvalue weighted by atomic mass is 10.1. The molecule has 3 nitrogen and oxygen atoms in total. The first-order valence-corrected chi connectivity index (χ1v) is 7.07. The molecule has 0 radical (unpaired) electrons. The maximum atomic E-state index is 13.0. The number of anilines is 1. The molecule has 0 saturated heterocycles. The first-order chi connectivity index (χ1) is 10.6. The second kappa shape index (κ2) is 7.41. The Bertz CT molecular complexity index is 695. The number of rotatable bonds is 5. The van der Waals surface area contributed by atoms with Gasteiger partial charge in [0.1, 0.15) is 11.6 Å². The molecule has 0 unspecified atom stereocenters. The topological polar surface area (TPSA) is 38.3 Å². The molecule has 0 aromatic heterocycles. The Kier molecular flexibility index (Phi) is 5.31. The predicted octanol–water partition coefficient (Wildman–Crippen LogP) is 4.18. The molecule has 0 aliphatic heterocycles. The number of nitrogens with one attached hydrogen (secondary N) is 1. The van der Waals surface area contributed by atoms with Crippen molar-refractivity contribution in [2.75, 3.05) is 11.9 Å². The molecule has 4 heteroatoms. The molecule has 1 amide bonds. The molecule has 22 heavy (non-hydrogen) atoms. The molecule has 0 aliphatic rings. The van der Waals surface area contributed by atoms with Crippen LogP contribution >= 0.6 is 0 Å². The van der Waals surface area contributed by atoms with Crippen molar-refractivity contribution in [1.82, 2.24) is 0 Å². The van der Waals surface area contributed by atoms with Gasteiger partial charge in [-0.3, -0.25) is 4.79 Å². The van der Waals surface area contributed by atoms with Crippen molar-refractivity contribution >= 4 is 17.7 Å². The lowest BCUT2D eigenvalue weighted by molar-refractivity contribution is -0.111. The fourth-order valence-electron chi connectivity index (χ4n) is 2.01. The van der Waals surface area contributed by atoms with Crippen molar-refractivity contribution in [1.29, 1.82) is 0 Å². The Morgan fingerprint density at radius 2 is 2.05 bits per heavy atom. The van der Waals surface area contributed by atoms with Crippen LogP contribution in [0.5, 0.6) is 5.75 Å². The van der Waals surface area contributed by atoms with E-state index in [9.17, 15) is 9.18 Å². The summed E-state index contributed by atoms with van der Waals surface area (Å²) in [6.45, 7) is 4.21. The van der Waals surface area contributed by atoms with Crippen LogP contribution in [0.4, 0.5) is 10.1 Å². The number of hydrogen-bond donors (Lipinski definition) is 1. The van der Waals surface area contributed by atoms with E-state index < -0.39 is 0 Å². The zero-order chi connectivity index (χ0) is 15.9. The van der Waals surface area contributed by atoms with Crippen molar-refractivity contribution in [3.8, 4) is 5.75 Å². The van der Waals surface area contributed by atoms with Gasteiger partial charge in [0, 0.05) is 17.3 Å². The fourth-order valence-corrected chi connectivity index (χ4v) is 2.01. The Morgan fingerprint density at radius 3 is 2.77 bits per heavy atom. The van der Waals surface area contributed by atoms with E-state index in [2.05, 4.69) is 5.32 Å². The van der Waals surface area contributed by atoms with Gasteiger partial charge in [-0.1, -0.05) is 18.2 Å². The Hall–Kier alpha value is -2.62. The summed E-state index contributed by atoms with van der Waals surface area (Å²) < 4.78 is 18.5. The second-order valence-electron chi connectivity index (χ2n) is 4.75. The summed E-state index contributed by atoms with van der Waals surface area (Å²) in [5, 5.41) is 2.73. The molecule has 0 spiro atoms. The first-order valence-electron chi connectivity index (χ1n) is 7.07. The molecule has 0 saturated carbocycles. The minimum atomic E-state index is -0.323. The standard InChI is InChI=1S/C18H18FNO2/c1-3-22-17-7-5-4-6-14(17)8-11-18(21)20-16-10-9-15(19)12-13(16)2/h4-12H,3H2,1-2H3,(H,20,21)/b11-8+. The van der Waals surface area contributed by atoms with Crippen LogP contribution in [-0.2, 0) is 4.79 Å². The monoisotopic (exact) mass is 299 g/mol. The number of para-hydroxylation sites is 1. The zero-order valence-electron chi connectivity index (χ0n) is 12.6. The van der Waals surface area contributed by atoms with Gasteiger partial charge >= 0.3 is 0 Å². The van der Waals surface area contributed by atoms with E-state index in [0.29, 0.717) is 17.9 Å². The summed E-state index contributed by atoms with van der Waals surface area (Å²) >= 11 is 0. The Morgan fingerprint density at radius 1 is 1.27 bits per heavy atom. The van der Waals surface area contributed by atoms with E-state index in [4.69, 9.17) is 4.74 Å². The summed E-state index contributed by atoms with van der Waals surface area (Å²) in [4.78, 5) is 12.0. The van der Waals surface area contributed by atoms with Crippen LogP contribution in [0, 0.1) is 12.7 Å². The number of halogens is 1. The van der Waals surface area contributed by atoms with Crippen molar-refractivity contribution in [2.24, 2.45) is 0 Å². The quantitative estimate of drug-likeness (QED) is 0.841. The number of aryl methyl sites for hydroxylation is 1. The largest absolute Gasteiger partial charge is 0.493 e. The highest BCUT2D eigenvalue weighted by atomic mass is 19.1. The third-order valence-corrected chi connectivity index (χ3v) is 3.08. The minimum absolute atomic E-state index is 0.277. The normalized spacial score (nSPS) is 10.7. The van der Waals surface area contributed by atoms with Crippen molar-refractivity contribution in [3.63, 3.8) is 0 Å². The van der Waals surface area contributed by atoms with Crippen LogP contribution in [0.25, 0.3) is 6.08 Å². The highest BCUT2D eigenvalue weighted by molar-refractivity contribution is 6.02. The smallest absolute Gasteiger partial charge is 0.248 e. The number of carbonyl (C=O) groups is 1. The lowest BCUT2D eigenvalue weighted by Gasteiger charge is -2.07. The Labute approximate surface area is 129 Å². The number of carbonyl (C=O) groups excluding carboxylic acids is 1. The van der Waals surface area contributed by atoms with Gasteiger partial charge in [-0.2, -0.15) is 0 Å². The number of hydrogen-bond acceptors (Lipinski definition) is 2. The van der Waals surface area contributed by atoms with Gasteiger partial charge in [-0.15, -0.1) is 0 Å². The highest BCUT2D eigenvalue weighted by Crippen LogP contribution is 2.20. The third kappa shape index (κ3) is 4.19. The molecule has 0 fully saturated rings. The van der Waals surface area contributed by atoms with Crippen molar-refractivity contribution in [2.45, 2.75) is 13.8 Å².